The molecule has 200 valence electrons. The van der Waals surface area contributed by atoms with Crippen LogP contribution in [0.15, 0.2) is 88.3 Å². The van der Waals surface area contributed by atoms with Crippen molar-refractivity contribution in [1.82, 2.24) is 4.98 Å². The average Bonchev–Trinajstić information content (AvgIpc) is 3.37. The lowest BCUT2D eigenvalue weighted by Gasteiger charge is -2.12. The number of aromatic nitrogens is 1. The zero-order valence-electron chi connectivity index (χ0n) is 20.8. The number of hydrogen-bond donors (Lipinski definition) is 0. The van der Waals surface area contributed by atoms with Gasteiger partial charge in [-0.05, 0) is 73.2 Å². The summed E-state index contributed by atoms with van der Waals surface area (Å²) in [5.41, 5.74) is 2.36. The van der Waals surface area contributed by atoms with Gasteiger partial charge in [-0.15, -0.1) is 0 Å². The number of non-ortho nitro benzene ring substituents is 1. The molecule has 0 aliphatic heterocycles. The lowest BCUT2D eigenvalue weighted by Crippen LogP contribution is -1.99. The number of hydrogen-bond acceptors (Lipinski definition) is 9. The van der Waals surface area contributed by atoms with Gasteiger partial charge in [-0.25, -0.2) is 4.98 Å². The molecule has 5 aromatic rings. The van der Waals surface area contributed by atoms with E-state index >= 15 is 0 Å². The first-order valence-electron chi connectivity index (χ1n) is 11.9. The third kappa shape index (κ3) is 5.74. The first-order valence-corrected chi connectivity index (χ1v) is 12.3. The van der Waals surface area contributed by atoms with Gasteiger partial charge in [0.25, 0.3) is 5.69 Å². The topological polar surface area (TPSA) is 143 Å². The van der Waals surface area contributed by atoms with E-state index in [0.717, 1.165) is 17.7 Å². The molecule has 5 rings (SSSR count). The Morgan fingerprint density at radius 1 is 0.950 bits per heavy atom. The third-order valence-corrected chi connectivity index (χ3v) is 5.88. The molecule has 0 spiro atoms. The SMILES string of the molecule is CCOc1cc(C=Nc2ccc3oc(-c4cccc(Cl)c4)nc3c2)ccc1Oc1ccc([N+](=O)[O-])cc1[N+](=O)[O-]. The molecule has 0 aliphatic rings. The van der Waals surface area contributed by atoms with Gasteiger partial charge in [0.15, 0.2) is 17.1 Å². The van der Waals surface area contributed by atoms with Crippen LogP contribution < -0.4 is 9.47 Å². The fraction of sp³-hybridized carbons (Fsp3) is 0.0714. The summed E-state index contributed by atoms with van der Waals surface area (Å²) in [5.74, 6) is 0.811. The number of halogens is 1. The number of fused-ring (bicyclic) bond motifs is 1. The van der Waals surface area contributed by atoms with E-state index in [2.05, 4.69) is 9.98 Å². The lowest BCUT2D eigenvalue weighted by molar-refractivity contribution is -0.394. The van der Waals surface area contributed by atoms with E-state index < -0.39 is 21.2 Å². The van der Waals surface area contributed by atoms with Crippen LogP contribution in [0.25, 0.3) is 22.6 Å². The highest BCUT2D eigenvalue weighted by molar-refractivity contribution is 6.30. The molecular weight excluding hydrogens is 540 g/mol. The van der Waals surface area contributed by atoms with Crippen LogP contribution in [0, 0.1) is 20.2 Å². The number of oxazole rings is 1. The van der Waals surface area contributed by atoms with Crippen molar-refractivity contribution in [3.05, 3.63) is 110 Å². The summed E-state index contributed by atoms with van der Waals surface area (Å²) < 4.78 is 17.3. The zero-order chi connectivity index (χ0) is 28.2. The molecule has 4 aromatic carbocycles. The largest absolute Gasteiger partial charge is 0.490 e. The van der Waals surface area contributed by atoms with Gasteiger partial charge < -0.3 is 13.9 Å². The van der Waals surface area contributed by atoms with Crippen LogP contribution in [-0.4, -0.2) is 27.7 Å². The fourth-order valence-electron chi connectivity index (χ4n) is 3.81. The molecule has 0 fully saturated rings. The van der Waals surface area contributed by atoms with Gasteiger partial charge in [0.05, 0.1) is 28.2 Å². The molecular formula is C28H19ClN4O7. The number of rotatable bonds is 9. The molecule has 0 amide bonds. The van der Waals surface area contributed by atoms with Crippen LogP contribution >= 0.6 is 11.6 Å². The Morgan fingerprint density at radius 2 is 1.77 bits per heavy atom. The van der Waals surface area contributed by atoms with Crippen molar-refractivity contribution in [3.63, 3.8) is 0 Å². The van der Waals surface area contributed by atoms with Gasteiger partial charge in [-0.3, -0.25) is 25.2 Å². The molecule has 0 saturated heterocycles. The van der Waals surface area contributed by atoms with Crippen molar-refractivity contribution < 1.29 is 23.7 Å². The molecule has 0 bridgehead atoms. The molecule has 1 heterocycles. The molecule has 0 unspecified atom stereocenters. The van der Waals surface area contributed by atoms with Gasteiger partial charge in [0.2, 0.25) is 11.6 Å². The predicted molar refractivity (Wildman–Crippen MR) is 149 cm³/mol. The molecule has 0 atom stereocenters. The molecule has 12 heteroatoms. The second-order valence-electron chi connectivity index (χ2n) is 8.35. The highest BCUT2D eigenvalue weighted by Gasteiger charge is 2.22. The summed E-state index contributed by atoms with van der Waals surface area (Å²) >= 11 is 6.08. The number of nitro benzene ring substituents is 2. The molecule has 0 radical (unpaired) electrons. The number of benzene rings is 4. The Bertz CT molecular complexity index is 1780. The number of nitrogens with zero attached hydrogens (tertiary/aromatic N) is 4. The monoisotopic (exact) mass is 558 g/mol. The van der Waals surface area contributed by atoms with Gasteiger partial charge in [0.1, 0.15) is 5.52 Å². The minimum Gasteiger partial charge on any atom is -0.490 e. The Morgan fingerprint density at radius 3 is 2.52 bits per heavy atom. The van der Waals surface area contributed by atoms with Crippen molar-refractivity contribution in [2.24, 2.45) is 4.99 Å². The van der Waals surface area contributed by atoms with Crippen molar-refractivity contribution in [1.29, 1.82) is 0 Å². The predicted octanol–water partition coefficient (Wildman–Crippen LogP) is 7.91. The van der Waals surface area contributed by atoms with E-state index in [0.29, 0.717) is 45.6 Å². The first-order chi connectivity index (χ1) is 19.3. The fourth-order valence-corrected chi connectivity index (χ4v) is 4.00. The van der Waals surface area contributed by atoms with Crippen molar-refractivity contribution in [3.8, 4) is 28.7 Å². The van der Waals surface area contributed by atoms with E-state index in [1.165, 1.54) is 6.07 Å². The molecule has 0 saturated carbocycles. The summed E-state index contributed by atoms with van der Waals surface area (Å²) in [7, 11) is 0. The van der Waals surface area contributed by atoms with Crippen LogP contribution in [0.3, 0.4) is 0 Å². The van der Waals surface area contributed by atoms with E-state index in [4.69, 9.17) is 25.5 Å². The molecule has 40 heavy (non-hydrogen) atoms. The molecule has 1 aromatic heterocycles. The Balaban J connectivity index is 1.39. The first kappa shape index (κ1) is 26.3. The molecule has 11 nitrogen and oxygen atoms in total. The van der Waals surface area contributed by atoms with Crippen molar-refractivity contribution in [2.75, 3.05) is 6.61 Å². The average molecular weight is 559 g/mol. The number of ether oxygens (including phenoxy) is 2. The number of nitro groups is 2. The summed E-state index contributed by atoms with van der Waals surface area (Å²) in [6.45, 7) is 2.08. The minimum absolute atomic E-state index is 0.156. The highest BCUT2D eigenvalue weighted by Crippen LogP contribution is 2.38. The van der Waals surface area contributed by atoms with Crippen LogP contribution in [0.2, 0.25) is 5.02 Å². The van der Waals surface area contributed by atoms with Gasteiger partial charge in [-0.1, -0.05) is 17.7 Å². The smallest absolute Gasteiger partial charge is 0.318 e. The molecule has 0 aliphatic carbocycles. The van der Waals surface area contributed by atoms with Gasteiger partial charge in [0, 0.05) is 22.9 Å². The quantitative estimate of drug-likeness (QED) is 0.101. The maximum absolute atomic E-state index is 11.5. The Hall–Kier alpha value is -5.29. The van der Waals surface area contributed by atoms with E-state index in [1.54, 1.807) is 61.7 Å². The van der Waals surface area contributed by atoms with E-state index in [-0.39, 0.29) is 11.5 Å². The van der Waals surface area contributed by atoms with Crippen molar-refractivity contribution >= 4 is 46.0 Å². The lowest BCUT2D eigenvalue weighted by atomic mass is 10.2. The summed E-state index contributed by atoms with van der Waals surface area (Å²) in [6, 6.07) is 20.7. The summed E-state index contributed by atoms with van der Waals surface area (Å²) in [4.78, 5) is 30.1. The maximum Gasteiger partial charge on any atom is 0.318 e. The summed E-state index contributed by atoms with van der Waals surface area (Å²) in [6.07, 6.45) is 1.62. The van der Waals surface area contributed by atoms with Crippen LogP contribution in [-0.2, 0) is 0 Å². The number of aliphatic imine (C=N–C) groups is 1. The van der Waals surface area contributed by atoms with Crippen LogP contribution in [0.5, 0.6) is 17.2 Å². The Labute approximate surface area is 231 Å². The Kier molecular flexibility index (Phi) is 7.38. The van der Waals surface area contributed by atoms with Crippen molar-refractivity contribution in [2.45, 2.75) is 6.92 Å². The standard InChI is InChI=1S/C28H19ClN4O7/c1-2-38-27-12-17(6-9-26(27)39-25-11-8-21(32(34)35)15-23(25)33(36)37)16-30-20-7-10-24-22(14-20)31-28(40-24)18-4-3-5-19(29)13-18/h3-16H,2H2,1H3. The normalized spacial score (nSPS) is 11.2. The minimum atomic E-state index is -0.743. The van der Waals surface area contributed by atoms with Gasteiger partial charge >= 0.3 is 5.69 Å². The summed E-state index contributed by atoms with van der Waals surface area (Å²) in [5, 5.41) is 23.1. The molecule has 0 N–H and O–H groups in total. The second-order valence-corrected chi connectivity index (χ2v) is 8.78. The third-order valence-electron chi connectivity index (χ3n) is 5.64. The van der Waals surface area contributed by atoms with E-state index in [1.807, 2.05) is 12.1 Å². The zero-order valence-corrected chi connectivity index (χ0v) is 21.6. The van der Waals surface area contributed by atoms with Crippen LogP contribution in [0.4, 0.5) is 17.1 Å². The maximum atomic E-state index is 11.5. The highest BCUT2D eigenvalue weighted by atomic mass is 35.5. The van der Waals surface area contributed by atoms with E-state index in [9.17, 15) is 20.2 Å². The van der Waals surface area contributed by atoms with Gasteiger partial charge in [-0.2, -0.15) is 0 Å². The second kappa shape index (κ2) is 11.2. The van der Waals surface area contributed by atoms with Crippen LogP contribution in [0.1, 0.15) is 12.5 Å².